The first-order valence-electron chi connectivity index (χ1n) is 24.5. The largest absolute Gasteiger partial charge is 0.490 e. The predicted octanol–water partition coefficient (Wildman–Crippen LogP) is 8.69. The quantitative estimate of drug-likeness (QED) is 0.0815. The number of ether oxygens (including phenoxy) is 1. The standard InChI is InChI=1S/C54H56ClN9O7S2/c1-26(2)47(53(69)63-24-38(65)22-42(63)51(67)57-28(4)32-8-10-34(11-9-32)49-29(5)56-25-72-49)60-52(68)44-19-35-18-39(16-17-43(35)71-44)70-40-20-37(21-40)58-45(66)23-41-50-62-61-31(7)64(50)54-46(27(3)30(6)73-54)48(59-41)33-12-14-36(55)15-13-33/h8-19,25-26,28,37-38,40-42,47,65H,20-24H2,1-7H3,(H,57,67)(H,58,66)(H,60,68)/t28-,37-,38+,40+,41-,42-,47?/m0/s1. The molecule has 4 aromatic heterocycles. The molecule has 0 spiro atoms. The van der Waals surface area contributed by atoms with Gasteiger partial charge in [0.1, 0.15) is 46.4 Å². The van der Waals surface area contributed by atoms with E-state index >= 15 is 0 Å². The lowest BCUT2D eigenvalue weighted by atomic mass is 9.89. The minimum absolute atomic E-state index is 0.00526. The van der Waals surface area contributed by atoms with E-state index in [1.807, 2.05) is 93.2 Å². The molecular weight excluding hydrogens is 986 g/mol. The zero-order valence-electron chi connectivity index (χ0n) is 41.4. The highest BCUT2D eigenvalue weighted by molar-refractivity contribution is 7.15. The van der Waals surface area contributed by atoms with E-state index in [1.165, 1.54) is 4.90 Å². The van der Waals surface area contributed by atoms with Crippen LogP contribution in [-0.4, -0.2) is 96.0 Å². The van der Waals surface area contributed by atoms with Crippen LogP contribution in [0.25, 0.3) is 26.4 Å². The number of thiophene rings is 1. The van der Waals surface area contributed by atoms with Crippen LogP contribution < -0.4 is 20.7 Å². The van der Waals surface area contributed by atoms with Crippen molar-refractivity contribution in [2.24, 2.45) is 10.9 Å². The average Bonchev–Trinajstić information content (AvgIpc) is 4.19. The molecule has 0 radical (unpaired) electrons. The number of carbonyl (C=O) groups excluding carboxylic acids is 4. The van der Waals surface area contributed by atoms with Crippen LogP contribution in [0.1, 0.15) is 114 Å². The summed E-state index contributed by atoms with van der Waals surface area (Å²) < 4.78 is 14.3. The lowest BCUT2D eigenvalue weighted by molar-refractivity contribution is -0.141. The number of nitrogens with one attached hydrogen (secondary N) is 3. The summed E-state index contributed by atoms with van der Waals surface area (Å²) in [5.74, 6) is -0.0453. The van der Waals surface area contributed by atoms with Gasteiger partial charge in [-0.1, -0.05) is 61.8 Å². The molecule has 7 aromatic rings. The van der Waals surface area contributed by atoms with Gasteiger partial charge in [-0.2, -0.15) is 0 Å². The third kappa shape index (κ3) is 10.0. The number of aliphatic imine (C=N–C) groups is 1. The number of β-amino-alcohol motifs (C(OH)–C–C–N with tert-alkyl or cyclic N) is 1. The minimum Gasteiger partial charge on any atom is -0.490 e. The highest BCUT2D eigenvalue weighted by Gasteiger charge is 2.43. The van der Waals surface area contributed by atoms with Gasteiger partial charge in [0, 0.05) is 58.3 Å². The molecule has 19 heteroatoms. The van der Waals surface area contributed by atoms with Crippen molar-refractivity contribution in [2.45, 2.75) is 117 Å². The SMILES string of the molecule is Cc1ncsc1-c1ccc([C@H](C)NC(=O)[C@@H]2C[C@@H](O)CN2C(=O)C(NC(=O)c2cc3cc(O[C@H]4C[C@@H](NC(=O)C[C@@H]5N=C(c6ccc(Cl)cc6)c6c(sc(C)c6C)-n6c(C)nnc65)C4)ccc3o2)C(C)C)cc1. The maximum atomic E-state index is 14.2. The number of aryl methyl sites for hydroxylation is 3. The Labute approximate surface area is 435 Å². The zero-order valence-corrected chi connectivity index (χ0v) is 43.8. The second kappa shape index (κ2) is 20.3. The van der Waals surface area contributed by atoms with Gasteiger partial charge < -0.3 is 35.1 Å². The molecule has 4 amide bonds. The fraction of sp³-hybridized carbons (Fsp3) is 0.370. The zero-order chi connectivity index (χ0) is 51.4. The number of hydrogen-bond donors (Lipinski definition) is 4. The van der Waals surface area contributed by atoms with E-state index in [1.54, 1.807) is 46.9 Å². The number of thiazole rings is 1. The second-order valence-corrected chi connectivity index (χ2v) is 22.1. The third-order valence-corrected chi connectivity index (χ3v) is 16.5. The lowest BCUT2D eigenvalue weighted by Gasteiger charge is -2.36. The summed E-state index contributed by atoms with van der Waals surface area (Å²) in [7, 11) is 0. The molecule has 1 unspecified atom stereocenters. The first kappa shape index (κ1) is 49.8. The molecule has 378 valence electrons. The first-order chi connectivity index (χ1) is 35.0. The van der Waals surface area contributed by atoms with Crippen molar-refractivity contribution in [3.63, 3.8) is 0 Å². The van der Waals surface area contributed by atoms with Gasteiger partial charge in [0.05, 0.1) is 40.4 Å². The van der Waals surface area contributed by atoms with Crippen LogP contribution in [0.2, 0.25) is 5.02 Å². The van der Waals surface area contributed by atoms with Gasteiger partial charge in [0.25, 0.3) is 5.91 Å². The van der Waals surface area contributed by atoms with Crippen LogP contribution in [0, 0.1) is 33.6 Å². The Bertz CT molecular complexity index is 3280. The Hall–Kier alpha value is -6.73. The van der Waals surface area contributed by atoms with E-state index in [9.17, 15) is 24.3 Å². The fourth-order valence-corrected chi connectivity index (χ4v) is 12.0. The van der Waals surface area contributed by atoms with Crippen molar-refractivity contribution >= 4 is 74.6 Å². The number of likely N-dealkylation sites (tertiary alicyclic amines) is 1. The van der Waals surface area contributed by atoms with E-state index < -0.39 is 36.0 Å². The van der Waals surface area contributed by atoms with E-state index in [0.717, 1.165) is 59.8 Å². The number of benzene rings is 3. The molecule has 3 aliphatic rings. The Balaban J connectivity index is 0.745. The van der Waals surface area contributed by atoms with Gasteiger partial charge in [-0.05, 0) is 93.6 Å². The molecular formula is C54H56ClN9O7S2. The molecule has 6 heterocycles. The Morgan fingerprint density at radius 2 is 1.66 bits per heavy atom. The maximum Gasteiger partial charge on any atom is 0.287 e. The fourth-order valence-electron chi connectivity index (χ4n) is 9.88. The highest BCUT2D eigenvalue weighted by atomic mass is 35.5. The van der Waals surface area contributed by atoms with Gasteiger partial charge in [-0.25, -0.2) is 4.98 Å². The number of halogens is 1. The molecule has 0 bridgehead atoms. The molecule has 1 saturated heterocycles. The van der Waals surface area contributed by atoms with Crippen LogP contribution in [0.5, 0.6) is 5.75 Å². The molecule has 5 atom stereocenters. The molecule has 4 N–H and O–H groups in total. The summed E-state index contributed by atoms with van der Waals surface area (Å²) >= 11 is 9.50. The summed E-state index contributed by atoms with van der Waals surface area (Å²) in [6, 6.07) is 19.4. The average molecular weight is 1040 g/mol. The summed E-state index contributed by atoms with van der Waals surface area (Å²) in [4.78, 5) is 68.6. The first-order valence-corrected chi connectivity index (χ1v) is 26.5. The van der Waals surface area contributed by atoms with Gasteiger partial charge in [-0.3, -0.25) is 28.7 Å². The van der Waals surface area contributed by atoms with Crippen molar-refractivity contribution in [1.29, 1.82) is 0 Å². The van der Waals surface area contributed by atoms with Crippen molar-refractivity contribution in [3.8, 4) is 21.2 Å². The molecule has 1 saturated carbocycles. The van der Waals surface area contributed by atoms with Crippen LogP contribution in [0.3, 0.4) is 0 Å². The van der Waals surface area contributed by atoms with Gasteiger partial charge in [-0.15, -0.1) is 32.9 Å². The third-order valence-electron chi connectivity index (χ3n) is 14.1. The molecule has 2 fully saturated rings. The smallest absolute Gasteiger partial charge is 0.287 e. The number of fused-ring (bicyclic) bond motifs is 4. The number of aliphatic hydroxyl groups is 1. The Morgan fingerprint density at radius 1 is 0.918 bits per heavy atom. The Kier molecular flexibility index (Phi) is 13.9. The number of aliphatic hydroxyl groups excluding tert-OH is 1. The van der Waals surface area contributed by atoms with E-state index in [0.29, 0.717) is 40.4 Å². The summed E-state index contributed by atoms with van der Waals surface area (Å²) in [5, 5.41) is 30.9. The number of nitrogens with zero attached hydrogens (tertiary/aromatic N) is 6. The number of furan rings is 1. The maximum absolute atomic E-state index is 14.2. The summed E-state index contributed by atoms with van der Waals surface area (Å²) in [6.45, 7) is 13.5. The predicted molar refractivity (Wildman–Crippen MR) is 281 cm³/mol. The molecule has 1 aliphatic carbocycles. The number of rotatable bonds is 14. The number of carbonyl (C=O) groups is 4. The van der Waals surface area contributed by atoms with E-state index in [4.69, 9.17) is 25.7 Å². The Morgan fingerprint density at radius 3 is 2.37 bits per heavy atom. The molecule has 10 rings (SSSR count). The number of hydrogen-bond acceptors (Lipinski definition) is 13. The van der Waals surface area contributed by atoms with Crippen LogP contribution in [0.4, 0.5) is 0 Å². The van der Waals surface area contributed by atoms with Crippen LogP contribution in [0.15, 0.2) is 87.7 Å². The molecule has 2 aliphatic heterocycles. The summed E-state index contributed by atoms with van der Waals surface area (Å²) in [5.41, 5.74) is 8.95. The van der Waals surface area contributed by atoms with Crippen molar-refractivity contribution < 1.29 is 33.4 Å². The highest BCUT2D eigenvalue weighted by Crippen LogP contribution is 2.40. The topological polar surface area (TPSA) is 206 Å². The van der Waals surface area contributed by atoms with Crippen molar-refractivity contribution in [2.75, 3.05) is 6.54 Å². The lowest BCUT2D eigenvalue weighted by Crippen LogP contribution is -2.55. The number of aromatic nitrogens is 4. The van der Waals surface area contributed by atoms with Gasteiger partial charge in [0.15, 0.2) is 11.6 Å². The normalized spacial score (nSPS) is 20.1. The van der Waals surface area contributed by atoms with Crippen LogP contribution >= 0.6 is 34.3 Å². The number of amides is 4. The monoisotopic (exact) mass is 1040 g/mol. The molecule has 73 heavy (non-hydrogen) atoms. The van der Waals surface area contributed by atoms with Crippen LogP contribution in [-0.2, 0) is 14.4 Å². The molecule has 3 aromatic carbocycles. The minimum atomic E-state index is -1.01. The van der Waals surface area contributed by atoms with E-state index in [-0.39, 0.29) is 61.1 Å². The van der Waals surface area contributed by atoms with Crippen molar-refractivity contribution in [3.05, 3.63) is 134 Å². The van der Waals surface area contributed by atoms with Gasteiger partial charge in [0.2, 0.25) is 17.7 Å². The second-order valence-electron chi connectivity index (χ2n) is 19.6. The molecule has 16 nitrogen and oxygen atoms in total. The summed E-state index contributed by atoms with van der Waals surface area (Å²) in [6.07, 6.45) is 0.285. The van der Waals surface area contributed by atoms with E-state index in [2.05, 4.69) is 45.0 Å². The van der Waals surface area contributed by atoms with Gasteiger partial charge >= 0.3 is 0 Å². The van der Waals surface area contributed by atoms with Crippen molar-refractivity contribution in [1.82, 2.24) is 40.6 Å².